The SMILES string of the molecule is OC([CH2][Hg][I])C(O)[CH2][Hg][I]. The summed E-state index contributed by atoms with van der Waals surface area (Å²) < 4.78 is 1.90. The van der Waals surface area contributed by atoms with Crippen LogP contribution in [0.25, 0.3) is 0 Å². The average Bonchev–Trinajstić information content (AvgIpc) is 1.89. The molecule has 0 saturated carbocycles. The van der Waals surface area contributed by atoms with Crippen LogP contribution in [-0.2, 0) is 40.5 Å². The molecule has 10 heavy (non-hydrogen) atoms. The molecular weight excluding hydrogens is 735 g/mol. The van der Waals surface area contributed by atoms with Crippen LogP contribution in [0.5, 0.6) is 0 Å². The Morgan fingerprint density at radius 3 is 1.50 bits per heavy atom. The van der Waals surface area contributed by atoms with Crippen molar-refractivity contribution in [1.29, 1.82) is 0 Å². The fraction of sp³-hybridized carbons (Fsp3) is 1.00. The first-order valence-corrected chi connectivity index (χ1v) is 41.9. The molecule has 0 aromatic carbocycles. The number of aliphatic hydroxyl groups excluding tert-OH is 2. The molecule has 54 valence electrons. The van der Waals surface area contributed by atoms with Gasteiger partial charge >= 0.3 is 106 Å². The standard InChI is InChI=1S/C4H8O2.2Hg.2HI/c1-3(5)4(2)6;;;;/h3-6H,1-2H2;;;2*1H/q;2*+1;;/p-2. The monoisotopic (exact) mass is 746 g/mol. The molecule has 0 saturated heterocycles. The van der Waals surface area contributed by atoms with Crippen molar-refractivity contribution in [2.75, 3.05) is 0 Å². The van der Waals surface area contributed by atoms with Crippen LogP contribution in [0, 0.1) is 0 Å². The first-order valence-electron chi connectivity index (χ1n) is 3.20. The van der Waals surface area contributed by atoms with Gasteiger partial charge in [-0.2, -0.15) is 0 Å². The van der Waals surface area contributed by atoms with Gasteiger partial charge in [-0.1, -0.05) is 0 Å². The van der Waals surface area contributed by atoms with E-state index in [1.54, 1.807) is 0 Å². The van der Waals surface area contributed by atoms with Gasteiger partial charge in [0.1, 0.15) is 0 Å². The Balaban J connectivity index is 3.38. The summed E-state index contributed by atoms with van der Waals surface area (Å²) in [6.45, 7) is 0. The van der Waals surface area contributed by atoms with Crippen LogP contribution in [0.3, 0.4) is 0 Å². The van der Waals surface area contributed by atoms with E-state index in [9.17, 15) is 10.2 Å². The van der Waals surface area contributed by atoms with E-state index in [2.05, 4.69) is 35.3 Å². The van der Waals surface area contributed by atoms with Gasteiger partial charge in [0, 0.05) is 0 Å². The molecule has 0 radical (unpaired) electrons. The fourth-order valence-electron chi connectivity index (χ4n) is 0.608. The molecule has 0 aromatic heterocycles. The molecule has 0 aliphatic carbocycles. The Kier molecular flexibility index (Phi) is 11.7. The van der Waals surface area contributed by atoms with Crippen LogP contribution in [0.15, 0.2) is 0 Å². The fourth-order valence-corrected chi connectivity index (χ4v) is 16.5. The van der Waals surface area contributed by atoms with Gasteiger partial charge in [-0.3, -0.25) is 0 Å². The number of aliphatic hydroxyl groups is 2. The van der Waals surface area contributed by atoms with Crippen molar-refractivity contribution in [3.05, 3.63) is 0 Å². The van der Waals surface area contributed by atoms with Crippen LogP contribution in [0.4, 0.5) is 0 Å². The Labute approximate surface area is 104 Å². The zero-order valence-corrected chi connectivity index (χ0v) is 20.9. The Bertz CT molecular complexity index is 75.7. The van der Waals surface area contributed by atoms with Crippen LogP contribution < -0.4 is 0 Å². The van der Waals surface area contributed by atoms with Crippen molar-refractivity contribution in [1.82, 2.24) is 0 Å². The van der Waals surface area contributed by atoms with Gasteiger partial charge in [0.2, 0.25) is 0 Å². The summed E-state index contributed by atoms with van der Waals surface area (Å²) in [5.41, 5.74) is 0. The summed E-state index contributed by atoms with van der Waals surface area (Å²) in [7, 11) is 0. The second kappa shape index (κ2) is 8.83. The molecule has 0 aliphatic heterocycles. The molecule has 2 unspecified atom stereocenters. The van der Waals surface area contributed by atoms with Crippen molar-refractivity contribution in [2.45, 2.75) is 20.1 Å². The minimum absolute atomic E-state index is 0.367. The summed E-state index contributed by atoms with van der Waals surface area (Å²) in [5.74, 6) is 0. The number of hydrogen-bond acceptors (Lipinski definition) is 2. The third-order valence-electron chi connectivity index (χ3n) is 1.25. The van der Waals surface area contributed by atoms with Crippen LogP contribution >= 0.6 is 35.3 Å². The van der Waals surface area contributed by atoms with E-state index in [0.29, 0.717) is 0 Å². The van der Waals surface area contributed by atoms with Gasteiger partial charge in [-0.25, -0.2) is 0 Å². The molecule has 0 rings (SSSR count). The number of halogens is 2. The van der Waals surface area contributed by atoms with Gasteiger partial charge in [-0.05, 0) is 0 Å². The molecule has 2 N–H and O–H groups in total. The van der Waals surface area contributed by atoms with Crippen molar-refractivity contribution >= 4 is 35.3 Å². The normalized spacial score (nSPS) is 15.2. The summed E-state index contributed by atoms with van der Waals surface area (Å²) in [4.78, 5) is 0. The molecule has 0 aromatic rings. The van der Waals surface area contributed by atoms with E-state index in [-0.39, 0.29) is 12.2 Å². The molecular formula is C4H8Hg2I2O2. The molecule has 6 heteroatoms. The maximum atomic E-state index is 9.28. The zero-order chi connectivity index (χ0) is 7.98. The van der Waals surface area contributed by atoms with Crippen molar-refractivity contribution in [3.8, 4) is 0 Å². The van der Waals surface area contributed by atoms with Crippen LogP contribution in [0.1, 0.15) is 0 Å². The Morgan fingerprint density at radius 1 is 1.00 bits per heavy atom. The van der Waals surface area contributed by atoms with Gasteiger partial charge in [0.15, 0.2) is 0 Å². The molecule has 0 fully saturated rings. The van der Waals surface area contributed by atoms with E-state index in [4.69, 9.17) is 0 Å². The average molecular weight is 743 g/mol. The summed E-state index contributed by atoms with van der Waals surface area (Å²) >= 11 is 3.40. The summed E-state index contributed by atoms with van der Waals surface area (Å²) in [6.07, 6.45) is -0.735. The predicted molar refractivity (Wildman–Crippen MR) is 49.7 cm³/mol. The minimum atomic E-state index is -0.732. The summed E-state index contributed by atoms with van der Waals surface area (Å²) in [5, 5.41) is 18.6. The van der Waals surface area contributed by atoms with E-state index in [0.717, 1.165) is 7.86 Å². The molecule has 0 aliphatic rings. The molecule has 0 amide bonds. The van der Waals surface area contributed by atoms with Crippen molar-refractivity contribution < 1.29 is 50.7 Å². The maximum absolute atomic E-state index is 9.28. The van der Waals surface area contributed by atoms with Crippen LogP contribution in [0.2, 0.25) is 7.86 Å². The van der Waals surface area contributed by atoms with E-state index in [1.807, 2.05) is 0 Å². The first-order chi connectivity index (χ1) is 4.72. The van der Waals surface area contributed by atoms with Crippen LogP contribution in [-0.4, -0.2) is 22.4 Å². The third-order valence-corrected chi connectivity index (χ3v) is 18.5. The van der Waals surface area contributed by atoms with Gasteiger partial charge in [0.25, 0.3) is 0 Å². The molecule has 0 spiro atoms. The summed E-state index contributed by atoms with van der Waals surface area (Å²) in [6, 6.07) is 0. The molecule has 2 atom stereocenters. The first kappa shape index (κ1) is 13.3. The van der Waals surface area contributed by atoms with E-state index in [1.165, 1.54) is 0 Å². The zero-order valence-electron chi connectivity index (χ0n) is 5.63. The third kappa shape index (κ3) is 6.73. The van der Waals surface area contributed by atoms with E-state index < -0.39 is 40.5 Å². The van der Waals surface area contributed by atoms with Gasteiger partial charge in [0.05, 0.1) is 0 Å². The van der Waals surface area contributed by atoms with Gasteiger partial charge in [-0.15, -0.1) is 0 Å². The quantitative estimate of drug-likeness (QED) is 0.331. The van der Waals surface area contributed by atoms with Gasteiger partial charge < -0.3 is 0 Å². The Hall–Kier alpha value is 3.25. The number of hydrogen-bond donors (Lipinski definition) is 2. The number of rotatable bonds is 5. The molecule has 0 heterocycles. The second-order valence-corrected chi connectivity index (χ2v) is 28.4. The van der Waals surface area contributed by atoms with Crippen molar-refractivity contribution in [2.24, 2.45) is 0 Å². The second-order valence-electron chi connectivity index (χ2n) is 2.09. The van der Waals surface area contributed by atoms with E-state index >= 15 is 0 Å². The predicted octanol–water partition coefficient (Wildman–Crippen LogP) is 1.41. The molecule has 2 nitrogen and oxygen atoms in total. The molecule has 0 bridgehead atoms. The van der Waals surface area contributed by atoms with Crippen molar-refractivity contribution in [3.63, 3.8) is 0 Å². The topological polar surface area (TPSA) is 40.5 Å². The Morgan fingerprint density at radius 2 is 1.30 bits per heavy atom.